The van der Waals surface area contributed by atoms with E-state index in [0.717, 1.165) is 9.21 Å². The van der Waals surface area contributed by atoms with Crippen molar-refractivity contribution < 1.29 is 4.79 Å². The summed E-state index contributed by atoms with van der Waals surface area (Å²) < 4.78 is 0.739. The maximum atomic E-state index is 12.3. The molecule has 1 aromatic carbocycles. The molecule has 1 aromatic heterocycles. The van der Waals surface area contributed by atoms with Crippen molar-refractivity contribution in [1.29, 1.82) is 5.26 Å². The maximum Gasteiger partial charge on any atom is 0.241 e. The molecule has 114 valence electrons. The van der Waals surface area contributed by atoms with Crippen molar-refractivity contribution in [1.82, 2.24) is 4.90 Å². The van der Waals surface area contributed by atoms with Gasteiger partial charge < -0.3 is 5.32 Å². The van der Waals surface area contributed by atoms with Crippen LogP contribution in [-0.2, 0) is 11.3 Å². The van der Waals surface area contributed by atoms with Gasteiger partial charge in [0.25, 0.3) is 0 Å². The van der Waals surface area contributed by atoms with Crippen LogP contribution >= 0.6 is 22.9 Å². The van der Waals surface area contributed by atoms with Crippen LogP contribution in [0.3, 0.4) is 0 Å². The number of halogens is 1. The van der Waals surface area contributed by atoms with E-state index in [9.17, 15) is 4.79 Å². The number of thiophene rings is 1. The Kier molecular flexibility index (Phi) is 5.56. The van der Waals surface area contributed by atoms with E-state index in [4.69, 9.17) is 16.9 Å². The zero-order valence-electron chi connectivity index (χ0n) is 12.3. The molecular weight excluding hydrogens is 318 g/mol. The molecule has 0 bridgehead atoms. The summed E-state index contributed by atoms with van der Waals surface area (Å²) in [6.45, 7) is 2.48. The number of anilines is 1. The molecule has 2 aromatic rings. The smallest absolute Gasteiger partial charge is 0.241 e. The van der Waals surface area contributed by atoms with E-state index in [2.05, 4.69) is 11.4 Å². The van der Waals surface area contributed by atoms with Crippen LogP contribution in [0.2, 0.25) is 4.34 Å². The highest BCUT2D eigenvalue weighted by atomic mass is 35.5. The van der Waals surface area contributed by atoms with Gasteiger partial charge in [-0.3, -0.25) is 9.69 Å². The second-order valence-corrected chi connectivity index (χ2v) is 6.74. The summed E-state index contributed by atoms with van der Waals surface area (Å²) in [4.78, 5) is 15.4. The Morgan fingerprint density at radius 3 is 2.77 bits per heavy atom. The Morgan fingerprint density at radius 2 is 2.14 bits per heavy atom. The van der Waals surface area contributed by atoms with E-state index >= 15 is 0 Å². The van der Waals surface area contributed by atoms with E-state index in [1.807, 2.05) is 31.0 Å². The fourth-order valence-electron chi connectivity index (χ4n) is 1.95. The number of amides is 1. The average Bonchev–Trinajstić information content (AvgIpc) is 2.92. The molecule has 1 unspecified atom stereocenters. The molecule has 22 heavy (non-hydrogen) atoms. The number of para-hydroxylation sites is 1. The van der Waals surface area contributed by atoms with Gasteiger partial charge >= 0.3 is 0 Å². The SMILES string of the molecule is CC(C(=O)Nc1ccccc1C#N)N(C)Cc1ccc(Cl)s1. The number of benzene rings is 1. The Morgan fingerprint density at radius 1 is 1.41 bits per heavy atom. The zero-order chi connectivity index (χ0) is 16.1. The van der Waals surface area contributed by atoms with E-state index in [-0.39, 0.29) is 11.9 Å². The maximum absolute atomic E-state index is 12.3. The molecule has 1 N–H and O–H groups in total. The molecule has 0 aliphatic rings. The summed E-state index contributed by atoms with van der Waals surface area (Å²) in [5.41, 5.74) is 0.991. The first kappa shape index (κ1) is 16.5. The third-order valence-electron chi connectivity index (χ3n) is 3.38. The molecule has 1 amide bonds. The highest BCUT2D eigenvalue weighted by Gasteiger charge is 2.19. The Hall–Kier alpha value is -1.87. The summed E-state index contributed by atoms with van der Waals surface area (Å²) in [5.74, 6) is -0.146. The summed E-state index contributed by atoms with van der Waals surface area (Å²) in [6, 6.07) is 12.5. The first-order valence-electron chi connectivity index (χ1n) is 6.75. The second kappa shape index (κ2) is 7.41. The topological polar surface area (TPSA) is 56.1 Å². The lowest BCUT2D eigenvalue weighted by Crippen LogP contribution is -2.39. The summed E-state index contributed by atoms with van der Waals surface area (Å²) >= 11 is 7.42. The molecule has 0 spiro atoms. The van der Waals surface area contributed by atoms with Gasteiger partial charge in [-0.05, 0) is 38.2 Å². The molecule has 0 fully saturated rings. The third-order valence-corrected chi connectivity index (χ3v) is 4.60. The van der Waals surface area contributed by atoms with Crippen molar-refractivity contribution in [3.63, 3.8) is 0 Å². The number of hydrogen-bond donors (Lipinski definition) is 1. The number of nitrogens with one attached hydrogen (secondary N) is 1. The van der Waals surface area contributed by atoms with Crippen LogP contribution < -0.4 is 5.32 Å². The van der Waals surface area contributed by atoms with E-state index in [1.165, 1.54) is 11.3 Å². The average molecular weight is 334 g/mol. The van der Waals surface area contributed by atoms with Crippen LogP contribution in [0.5, 0.6) is 0 Å². The van der Waals surface area contributed by atoms with Crippen molar-refractivity contribution in [3.8, 4) is 6.07 Å². The van der Waals surface area contributed by atoms with E-state index in [1.54, 1.807) is 24.3 Å². The normalized spacial score (nSPS) is 12.0. The molecule has 1 heterocycles. The molecule has 4 nitrogen and oxygen atoms in total. The number of likely N-dealkylation sites (N-methyl/N-ethyl adjacent to an activating group) is 1. The minimum atomic E-state index is -0.326. The molecule has 0 radical (unpaired) electrons. The number of nitrogens with zero attached hydrogens (tertiary/aromatic N) is 2. The number of carbonyl (C=O) groups is 1. The van der Waals surface area contributed by atoms with E-state index < -0.39 is 0 Å². The van der Waals surface area contributed by atoms with Crippen molar-refractivity contribution in [2.45, 2.75) is 19.5 Å². The van der Waals surface area contributed by atoms with Gasteiger partial charge in [0.1, 0.15) is 6.07 Å². The number of carbonyl (C=O) groups excluding carboxylic acids is 1. The van der Waals surface area contributed by atoms with Gasteiger partial charge in [0, 0.05) is 11.4 Å². The second-order valence-electron chi connectivity index (χ2n) is 4.94. The van der Waals surface area contributed by atoms with Gasteiger partial charge in [-0.25, -0.2) is 0 Å². The first-order chi connectivity index (χ1) is 10.5. The predicted molar refractivity (Wildman–Crippen MR) is 90.0 cm³/mol. The van der Waals surface area contributed by atoms with Crippen molar-refractivity contribution in [3.05, 3.63) is 51.2 Å². The lowest BCUT2D eigenvalue weighted by molar-refractivity contribution is -0.120. The van der Waals surface area contributed by atoms with Crippen LogP contribution in [0, 0.1) is 11.3 Å². The fourth-order valence-corrected chi connectivity index (χ4v) is 3.10. The van der Waals surface area contributed by atoms with E-state index in [0.29, 0.717) is 17.8 Å². The minimum Gasteiger partial charge on any atom is -0.324 e. The standard InChI is InChI=1S/C16H16ClN3OS/c1-11(20(2)10-13-7-8-15(17)22-13)16(21)19-14-6-4-3-5-12(14)9-18/h3-8,11H,10H2,1-2H3,(H,19,21). The third kappa shape index (κ3) is 4.08. The highest BCUT2D eigenvalue weighted by Crippen LogP contribution is 2.23. The number of nitriles is 1. The van der Waals surface area contributed by atoms with Gasteiger partial charge in [-0.1, -0.05) is 23.7 Å². The fraction of sp³-hybridized carbons (Fsp3) is 0.250. The van der Waals surface area contributed by atoms with Crippen molar-refractivity contribution in [2.24, 2.45) is 0 Å². The zero-order valence-corrected chi connectivity index (χ0v) is 13.9. The van der Waals surface area contributed by atoms with Crippen molar-refractivity contribution >= 4 is 34.5 Å². The van der Waals surface area contributed by atoms with Crippen LogP contribution in [-0.4, -0.2) is 23.9 Å². The molecule has 0 aliphatic carbocycles. The van der Waals surface area contributed by atoms with Crippen LogP contribution in [0.15, 0.2) is 36.4 Å². The summed E-state index contributed by atoms with van der Waals surface area (Å²) in [5, 5.41) is 11.9. The molecule has 2 rings (SSSR count). The quantitative estimate of drug-likeness (QED) is 0.907. The lowest BCUT2D eigenvalue weighted by atomic mass is 10.2. The Bertz CT molecular complexity index is 707. The Labute approximate surface area is 138 Å². The highest BCUT2D eigenvalue weighted by molar-refractivity contribution is 7.16. The van der Waals surface area contributed by atoms with Crippen LogP contribution in [0.1, 0.15) is 17.4 Å². The molecule has 0 aliphatic heterocycles. The lowest BCUT2D eigenvalue weighted by Gasteiger charge is -2.23. The molecule has 6 heteroatoms. The summed E-state index contributed by atoms with van der Waals surface area (Å²) in [7, 11) is 1.88. The monoisotopic (exact) mass is 333 g/mol. The molecular formula is C16H16ClN3OS. The van der Waals surface area contributed by atoms with Gasteiger partial charge in [0.05, 0.1) is 21.6 Å². The number of hydrogen-bond acceptors (Lipinski definition) is 4. The molecule has 1 atom stereocenters. The van der Waals surface area contributed by atoms with Crippen LogP contribution in [0.4, 0.5) is 5.69 Å². The predicted octanol–water partition coefficient (Wildman–Crippen LogP) is 3.73. The Balaban J connectivity index is 2.01. The van der Waals surface area contributed by atoms with Gasteiger partial charge in [0.2, 0.25) is 5.91 Å². The van der Waals surface area contributed by atoms with Gasteiger partial charge in [-0.2, -0.15) is 5.26 Å². The van der Waals surface area contributed by atoms with Gasteiger partial charge in [-0.15, -0.1) is 11.3 Å². The molecule has 0 saturated heterocycles. The van der Waals surface area contributed by atoms with Crippen LogP contribution in [0.25, 0.3) is 0 Å². The summed E-state index contributed by atoms with van der Waals surface area (Å²) in [6.07, 6.45) is 0. The number of rotatable bonds is 5. The first-order valence-corrected chi connectivity index (χ1v) is 7.95. The molecule has 0 saturated carbocycles. The minimum absolute atomic E-state index is 0.146. The van der Waals surface area contributed by atoms with Crippen molar-refractivity contribution in [2.75, 3.05) is 12.4 Å². The largest absolute Gasteiger partial charge is 0.324 e. The van der Waals surface area contributed by atoms with Gasteiger partial charge in [0.15, 0.2) is 0 Å².